The van der Waals surface area contributed by atoms with Crippen LogP contribution in [-0.4, -0.2) is 0 Å². The Morgan fingerprint density at radius 2 is 0.732 bits per heavy atom. The van der Waals surface area contributed by atoms with Crippen LogP contribution >= 0.6 is 0 Å². The number of hydrogen-bond acceptors (Lipinski definition) is 1. The molecule has 0 heterocycles. The van der Waals surface area contributed by atoms with Crippen LogP contribution in [0.15, 0.2) is 236 Å². The van der Waals surface area contributed by atoms with Gasteiger partial charge in [-0.25, -0.2) is 0 Å². The Morgan fingerprint density at radius 1 is 0.321 bits per heavy atom. The summed E-state index contributed by atoms with van der Waals surface area (Å²) in [5, 5.41) is 0. The maximum atomic E-state index is 9.67. The third kappa shape index (κ3) is 5.56. The first-order chi connectivity index (χ1) is 31.2. The van der Waals surface area contributed by atoms with Crippen LogP contribution in [0.3, 0.4) is 0 Å². The van der Waals surface area contributed by atoms with Crippen LogP contribution in [-0.2, 0) is 5.41 Å². The van der Waals surface area contributed by atoms with Crippen molar-refractivity contribution in [2.45, 2.75) is 5.41 Å². The molecule has 1 aliphatic carbocycles. The number of anilines is 3. The predicted molar refractivity (Wildman–Crippen MR) is 235 cm³/mol. The van der Waals surface area contributed by atoms with Gasteiger partial charge in [-0.2, -0.15) is 0 Å². The average molecular weight is 722 g/mol. The molecule has 264 valence electrons. The minimum atomic E-state index is -0.717. The lowest BCUT2D eigenvalue weighted by Crippen LogP contribution is -2.28. The van der Waals surface area contributed by atoms with Crippen LogP contribution in [0.5, 0.6) is 0 Å². The summed E-state index contributed by atoms with van der Waals surface area (Å²) in [5.74, 6) is 0. The first-order valence-corrected chi connectivity index (χ1v) is 18.7. The quantitative estimate of drug-likeness (QED) is 0.151. The van der Waals surface area contributed by atoms with Crippen molar-refractivity contribution in [2.24, 2.45) is 0 Å². The Morgan fingerprint density at radius 3 is 1.27 bits per heavy atom. The summed E-state index contributed by atoms with van der Waals surface area (Å²) >= 11 is 0. The summed E-state index contributed by atoms with van der Waals surface area (Å²) in [6.07, 6.45) is 0. The second kappa shape index (κ2) is 14.2. The lowest BCUT2D eigenvalue weighted by atomic mass is 9.67. The molecule has 0 aromatic heterocycles. The Hall–Kier alpha value is -7.22. The molecule has 0 fully saturated rings. The molecule has 0 N–H and O–H groups in total. The van der Waals surface area contributed by atoms with Gasteiger partial charge in [0.25, 0.3) is 0 Å². The molecule has 10 rings (SSSR count). The van der Waals surface area contributed by atoms with Crippen molar-refractivity contribution in [3.8, 4) is 44.5 Å². The summed E-state index contributed by atoms with van der Waals surface area (Å²) in [7, 11) is 0. The van der Waals surface area contributed by atoms with E-state index in [9.17, 15) is 11.0 Å². The normalized spacial score (nSPS) is 14.4. The van der Waals surface area contributed by atoms with Gasteiger partial charge in [0.2, 0.25) is 0 Å². The Labute approximate surface area is 340 Å². The van der Waals surface area contributed by atoms with Crippen molar-refractivity contribution in [1.29, 1.82) is 0 Å². The van der Waals surface area contributed by atoms with Gasteiger partial charge in [-0.15, -0.1) is 0 Å². The van der Waals surface area contributed by atoms with Crippen molar-refractivity contribution < 1.29 is 11.0 Å². The lowest BCUT2D eigenvalue weighted by molar-refractivity contribution is 0.768. The van der Waals surface area contributed by atoms with E-state index in [1.807, 2.05) is 54.6 Å². The van der Waals surface area contributed by atoms with Crippen LogP contribution in [0.4, 0.5) is 17.1 Å². The number of benzene rings is 9. The highest BCUT2D eigenvalue weighted by Crippen LogP contribution is 2.59. The zero-order valence-corrected chi connectivity index (χ0v) is 30.3. The molecule has 0 spiro atoms. The van der Waals surface area contributed by atoms with Crippen molar-refractivity contribution >= 4 is 17.1 Å². The minimum absolute atomic E-state index is 0.113. The Bertz CT molecular complexity index is 3040. The van der Waals surface area contributed by atoms with Crippen molar-refractivity contribution in [3.05, 3.63) is 259 Å². The van der Waals surface area contributed by atoms with Gasteiger partial charge in [-0.3, -0.25) is 0 Å². The van der Waals surface area contributed by atoms with Gasteiger partial charge >= 0.3 is 0 Å². The fourth-order valence-corrected chi connectivity index (χ4v) is 8.30. The number of para-hydroxylation sites is 1. The van der Waals surface area contributed by atoms with E-state index in [0.29, 0.717) is 22.4 Å². The molecule has 1 nitrogen and oxygen atoms in total. The maximum Gasteiger partial charge on any atom is 0.0713 e. The van der Waals surface area contributed by atoms with Crippen molar-refractivity contribution in [3.63, 3.8) is 0 Å². The first kappa shape index (κ1) is 25.7. The van der Waals surface area contributed by atoms with Crippen molar-refractivity contribution in [2.75, 3.05) is 4.90 Å². The van der Waals surface area contributed by atoms with E-state index in [4.69, 9.17) is 0 Å². The standard InChI is InChI=1S/C55H39N/c1-5-18-40(19-6-1)42-32-36-46(37-33-42)56(47-38-34-43(35-39-47)41-20-7-2-8-21-41)53-31-16-14-26-48(53)49-28-17-30-52-54(49)50-27-13-15-29-51(50)55(52,44-22-9-3-10-23-44)45-24-11-4-12-25-45/h1-39H/i32D,33D,34D,35D,36D,37D,38D,39D. The van der Waals surface area contributed by atoms with E-state index < -0.39 is 29.6 Å². The number of nitrogens with zero attached hydrogens (tertiary/aromatic N) is 1. The van der Waals surface area contributed by atoms with E-state index in [0.717, 1.165) is 38.9 Å². The van der Waals surface area contributed by atoms with Crippen molar-refractivity contribution in [1.82, 2.24) is 0 Å². The molecule has 0 radical (unpaired) electrons. The second-order valence-corrected chi connectivity index (χ2v) is 13.8. The predicted octanol–water partition coefficient (Wildman–Crippen LogP) is 14.5. The molecule has 0 saturated heterocycles. The molecular formula is C55H39N. The van der Waals surface area contributed by atoms with Gasteiger partial charge in [-0.1, -0.05) is 206 Å². The number of hydrogen-bond donors (Lipinski definition) is 0. The molecule has 0 amide bonds. The third-order valence-electron chi connectivity index (χ3n) is 10.7. The molecule has 1 aliphatic rings. The van der Waals surface area contributed by atoms with Crippen LogP contribution < -0.4 is 4.90 Å². The second-order valence-electron chi connectivity index (χ2n) is 13.8. The third-order valence-corrected chi connectivity index (χ3v) is 10.7. The Kier molecular flexibility index (Phi) is 6.53. The van der Waals surface area contributed by atoms with Crippen LogP contribution in [0.1, 0.15) is 33.2 Å². The van der Waals surface area contributed by atoms with Gasteiger partial charge in [0, 0.05) is 16.9 Å². The van der Waals surface area contributed by atoms with E-state index in [1.54, 1.807) is 60.7 Å². The number of rotatable bonds is 8. The molecule has 0 bridgehead atoms. The van der Waals surface area contributed by atoms with Gasteiger partial charge < -0.3 is 4.90 Å². The summed E-state index contributed by atoms with van der Waals surface area (Å²) in [6, 6.07) is 57.8. The average Bonchev–Trinajstić information content (AvgIpc) is 3.65. The molecule has 9 aromatic carbocycles. The monoisotopic (exact) mass is 721 g/mol. The van der Waals surface area contributed by atoms with E-state index in [2.05, 4.69) is 72.8 Å². The zero-order valence-electron chi connectivity index (χ0n) is 38.3. The van der Waals surface area contributed by atoms with E-state index in [-0.39, 0.29) is 46.7 Å². The summed E-state index contributed by atoms with van der Waals surface area (Å²) in [6.45, 7) is 0. The zero-order chi connectivity index (χ0) is 44.3. The lowest BCUT2D eigenvalue weighted by Gasteiger charge is -2.34. The van der Waals surface area contributed by atoms with Crippen LogP contribution in [0, 0.1) is 0 Å². The molecule has 1 heteroatoms. The molecule has 9 aromatic rings. The first-order valence-electron chi connectivity index (χ1n) is 22.7. The molecule has 56 heavy (non-hydrogen) atoms. The van der Waals surface area contributed by atoms with Crippen LogP contribution in [0.25, 0.3) is 44.5 Å². The SMILES string of the molecule is [2H]c1c([2H])c(N(c2ccccc2-c2cccc3c2-c2ccccc2C3(c2ccccc2)c2ccccc2)c2c([2H])c([2H])c(-c3ccccc3)c([2H])c2[2H])c([2H])c([2H])c1-c1ccccc1. The fourth-order valence-electron chi connectivity index (χ4n) is 8.30. The van der Waals surface area contributed by atoms with E-state index >= 15 is 0 Å². The Balaban J connectivity index is 1.31. The highest BCUT2D eigenvalue weighted by Gasteiger charge is 2.46. The van der Waals surface area contributed by atoms with Gasteiger partial charge in [0.05, 0.1) is 22.1 Å². The van der Waals surface area contributed by atoms with E-state index in [1.165, 1.54) is 4.90 Å². The molecule has 0 saturated carbocycles. The fraction of sp³-hybridized carbons (Fsp3) is 0.0182. The highest BCUT2D eigenvalue weighted by molar-refractivity contribution is 6.00. The summed E-state index contributed by atoms with van der Waals surface area (Å²) < 4.78 is 76.2. The molecule has 0 atom stereocenters. The minimum Gasteiger partial charge on any atom is -0.310 e. The smallest absolute Gasteiger partial charge is 0.0713 e. The van der Waals surface area contributed by atoms with Crippen LogP contribution in [0.2, 0.25) is 0 Å². The molecular weight excluding hydrogens is 675 g/mol. The molecule has 0 aliphatic heterocycles. The number of fused-ring (bicyclic) bond motifs is 3. The highest BCUT2D eigenvalue weighted by atomic mass is 15.1. The van der Waals surface area contributed by atoms with Gasteiger partial charge in [-0.05, 0) is 91.4 Å². The van der Waals surface area contributed by atoms with Gasteiger partial charge in [0.15, 0.2) is 0 Å². The van der Waals surface area contributed by atoms with Gasteiger partial charge in [0.1, 0.15) is 0 Å². The summed E-state index contributed by atoms with van der Waals surface area (Å²) in [5.41, 5.74) is 8.17. The topological polar surface area (TPSA) is 3.24 Å². The maximum absolute atomic E-state index is 9.67. The largest absolute Gasteiger partial charge is 0.310 e. The summed E-state index contributed by atoms with van der Waals surface area (Å²) in [4.78, 5) is 1.42. The molecule has 0 unspecified atom stereocenters.